The van der Waals surface area contributed by atoms with Crippen molar-refractivity contribution in [1.82, 2.24) is 10.3 Å². The summed E-state index contributed by atoms with van der Waals surface area (Å²) >= 11 is 0. The lowest BCUT2D eigenvalue weighted by atomic mass is 10.1. The third-order valence-electron chi connectivity index (χ3n) is 2.99. The second-order valence-electron chi connectivity index (χ2n) is 5.22. The summed E-state index contributed by atoms with van der Waals surface area (Å²) < 4.78 is 5.73. The molecule has 4 nitrogen and oxygen atoms in total. The van der Waals surface area contributed by atoms with Crippen molar-refractivity contribution in [3.63, 3.8) is 0 Å². The minimum atomic E-state index is 0.407. The number of pyridine rings is 1. The predicted octanol–water partition coefficient (Wildman–Crippen LogP) is 3.55. The molecule has 1 heterocycles. The van der Waals surface area contributed by atoms with Crippen LogP contribution in [0.5, 0.6) is 11.5 Å². The zero-order valence-corrected chi connectivity index (χ0v) is 12.6. The van der Waals surface area contributed by atoms with Crippen LogP contribution in [0.3, 0.4) is 0 Å². The number of aromatic nitrogens is 1. The van der Waals surface area contributed by atoms with Crippen molar-refractivity contribution in [3.8, 4) is 17.6 Å². The van der Waals surface area contributed by atoms with Gasteiger partial charge in [-0.3, -0.25) is 4.98 Å². The monoisotopic (exact) mass is 281 g/mol. The van der Waals surface area contributed by atoms with Crippen molar-refractivity contribution in [2.75, 3.05) is 0 Å². The molecule has 1 N–H and O–H groups in total. The summed E-state index contributed by atoms with van der Waals surface area (Å²) in [6, 6.07) is 12.0. The Hall–Kier alpha value is -2.38. The fourth-order valence-electron chi connectivity index (χ4n) is 1.83. The van der Waals surface area contributed by atoms with Gasteiger partial charge in [-0.25, -0.2) is 0 Å². The highest BCUT2D eigenvalue weighted by molar-refractivity contribution is 5.47. The first kappa shape index (κ1) is 15.0. The molecule has 0 bridgehead atoms. The van der Waals surface area contributed by atoms with Crippen LogP contribution in [0.1, 0.15) is 30.7 Å². The van der Waals surface area contributed by atoms with Gasteiger partial charge in [-0.05, 0) is 36.8 Å². The number of hydrogen-bond donors (Lipinski definition) is 1. The zero-order chi connectivity index (χ0) is 15.2. The summed E-state index contributed by atoms with van der Waals surface area (Å²) in [5, 5.41) is 12.6. The maximum atomic E-state index is 9.28. The van der Waals surface area contributed by atoms with Gasteiger partial charge in [0.2, 0.25) is 0 Å². The smallest absolute Gasteiger partial charge is 0.145 e. The Morgan fingerprint density at radius 1 is 1.29 bits per heavy atom. The number of nitriles is 1. The van der Waals surface area contributed by atoms with Gasteiger partial charge in [-0.2, -0.15) is 5.26 Å². The van der Waals surface area contributed by atoms with Crippen molar-refractivity contribution in [2.24, 2.45) is 0 Å². The SMILES string of the molecule is Cc1ccc(Oc2ccc(CNC(C)C)cc2C#N)cn1. The molecule has 0 unspecified atom stereocenters. The summed E-state index contributed by atoms with van der Waals surface area (Å²) in [6.45, 7) is 6.83. The number of ether oxygens (including phenoxy) is 1. The first-order valence-electron chi connectivity index (χ1n) is 6.95. The maximum Gasteiger partial charge on any atom is 0.145 e. The number of nitrogens with zero attached hydrogens (tertiary/aromatic N) is 2. The van der Waals surface area contributed by atoms with E-state index < -0.39 is 0 Å². The minimum absolute atomic E-state index is 0.407. The molecule has 0 atom stereocenters. The second-order valence-corrected chi connectivity index (χ2v) is 5.22. The Kier molecular flexibility index (Phi) is 4.91. The Morgan fingerprint density at radius 2 is 2.10 bits per heavy atom. The average Bonchev–Trinajstić information content (AvgIpc) is 2.48. The molecular weight excluding hydrogens is 262 g/mol. The number of rotatable bonds is 5. The molecule has 1 aromatic carbocycles. The molecule has 0 fully saturated rings. The summed E-state index contributed by atoms with van der Waals surface area (Å²) in [5.41, 5.74) is 2.52. The third kappa shape index (κ3) is 4.30. The van der Waals surface area contributed by atoms with Gasteiger partial charge in [-0.1, -0.05) is 19.9 Å². The summed E-state index contributed by atoms with van der Waals surface area (Å²) in [6.07, 6.45) is 1.66. The van der Waals surface area contributed by atoms with E-state index in [1.807, 2.05) is 37.3 Å². The van der Waals surface area contributed by atoms with Crippen LogP contribution in [0.15, 0.2) is 36.5 Å². The van der Waals surface area contributed by atoms with E-state index >= 15 is 0 Å². The lowest BCUT2D eigenvalue weighted by Gasteiger charge is -2.11. The van der Waals surface area contributed by atoms with Crippen LogP contribution in [0, 0.1) is 18.3 Å². The fraction of sp³-hybridized carbons (Fsp3) is 0.294. The third-order valence-corrected chi connectivity index (χ3v) is 2.99. The van der Waals surface area contributed by atoms with Crippen molar-refractivity contribution < 1.29 is 4.74 Å². The first-order chi connectivity index (χ1) is 10.1. The standard InChI is InChI=1S/C17H19N3O/c1-12(2)19-10-14-5-7-17(15(8-14)9-18)21-16-6-4-13(3)20-11-16/h4-8,11-12,19H,10H2,1-3H3. The van der Waals surface area contributed by atoms with Gasteiger partial charge in [-0.15, -0.1) is 0 Å². The summed E-state index contributed by atoms with van der Waals surface area (Å²) in [5.74, 6) is 1.18. The number of nitrogens with one attached hydrogen (secondary N) is 1. The van der Waals surface area contributed by atoms with Gasteiger partial charge >= 0.3 is 0 Å². The molecule has 4 heteroatoms. The van der Waals surface area contributed by atoms with E-state index in [1.54, 1.807) is 6.20 Å². The second kappa shape index (κ2) is 6.87. The molecule has 2 aromatic rings. The number of aryl methyl sites for hydroxylation is 1. The van der Waals surface area contributed by atoms with E-state index in [0.717, 1.165) is 17.8 Å². The number of hydrogen-bond acceptors (Lipinski definition) is 4. The lowest BCUT2D eigenvalue weighted by Crippen LogP contribution is -2.21. The van der Waals surface area contributed by atoms with Crippen LogP contribution in [0.4, 0.5) is 0 Å². The maximum absolute atomic E-state index is 9.28. The molecule has 108 valence electrons. The molecule has 21 heavy (non-hydrogen) atoms. The van der Waals surface area contributed by atoms with Gasteiger partial charge in [0.05, 0.1) is 11.8 Å². The van der Waals surface area contributed by atoms with Crippen molar-refractivity contribution in [2.45, 2.75) is 33.4 Å². The molecule has 2 rings (SSSR count). The van der Waals surface area contributed by atoms with E-state index in [4.69, 9.17) is 4.74 Å². The highest BCUT2D eigenvalue weighted by Crippen LogP contribution is 2.25. The molecule has 0 aliphatic heterocycles. The van der Waals surface area contributed by atoms with Gasteiger partial charge in [0.25, 0.3) is 0 Å². The highest BCUT2D eigenvalue weighted by Gasteiger charge is 2.07. The first-order valence-corrected chi connectivity index (χ1v) is 6.95. The highest BCUT2D eigenvalue weighted by atomic mass is 16.5. The summed E-state index contributed by atoms with van der Waals surface area (Å²) in [4.78, 5) is 4.18. The Morgan fingerprint density at radius 3 is 2.71 bits per heavy atom. The zero-order valence-electron chi connectivity index (χ0n) is 12.6. The molecule has 0 amide bonds. The fourth-order valence-corrected chi connectivity index (χ4v) is 1.83. The minimum Gasteiger partial charge on any atom is -0.454 e. The van der Waals surface area contributed by atoms with Crippen molar-refractivity contribution >= 4 is 0 Å². The molecule has 0 radical (unpaired) electrons. The molecule has 0 aliphatic rings. The van der Waals surface area contributed by atoms with Gasteiger partial charge < -0.3 is 10.1 Å². The molecule has 0 aliphatic carbocycles. The van der Waals surface area contributed by atoms with Crippen LogP contribution in [0.2, 0.25) is 0 Å². The van der Waals surface area contributed by atoms with Crippen LogP contribution >= 0.6 is 0 Å². The predicted molar refractivity (Wildman–Crippen MR) is 82.2 cm³/mol. The average molecular weight is 281 g/mol. The van der Waals surface area contributed by atoms with E-state index in [0.29, 0.717) is 23.1 Å². The van der Waals surface area contributed by atoms with Crippen LogP contribution in [-0.2, 0) is 6.54 Å². The molecule has 0 spiro atoms. The quantitative estimate of drug-likeness (QED) is 0.910. The normalized spacial score (nSPS) is 10.4. The van der Waals surface area contributed by atoms with E-state index in [1.165, 1.54) is 0 Å². The Labute approximate surface area is 125 Å². The molecule has 0 saturated carbocycles. The van der Waals surface area contributed by atoms with Crippen molar-refractivity contribution in [1.29, 1.82) is 5.26 Å². The van der Waals surface area contributed by atoms with Crippen LogP contribution < -0.4 is 10.1 Å². The largest absolute Gasteiger partial charge is 0.454 e. The van der Waals surface area contributed by atoms with Gasteiger partial charge in [0.15, 0.2) is 0 Å². The molecular formula is C17H19N3O. The van der Waals surface area contributed by atoms with Crippen molar-refractivity contribution in [3.05, 3.63) is 53.3 Å². The van der Waals surface area contributed by atoms with Gasteiger partial charge in [0.1, 0.15) is 17.6 Å². The molecule has 0 saturated heterocycles. The Bertz CT molecular complexity index is 642. The lowest BCUT2D eigenvalue weighted by molar-refractivity contribution is 0.478. The molecule has 1 aromatic heterocycles. The van der Waals surface area contributed by atoms with Crippen LogP contribution in [0.25, 0.3) is 0 Å². The van der Waals surface area contributed by atoms with E-state index in [9.17, 15) is 5.26 Å². The van der Waals surface area contributed by atoms with Gasteiger partial charge in [0, 0.05) is 18.3 Å². The Balaban J connectivity index is 2.16. The van der Waals surface area contributed by atoms with Crippen LogP contribution in [-0.4, -0.2) is 11.0 Å². The summed E-state index contributed by atoms with van der Waals surface area (Å²) in [7, 11) is 0. The van der Waals surface area contributed by atoms with E-state index in [2.05, 4.69) is 30.2 Å². The van der Waals surface area contributed by atoms with E-state index in [-0.39, 0.29) is 0 Å². The topological polar surface area (TPSA) is 57.9 Å². The number of benzene rings is 1.